The second kappa shape index (κ2) is 4.53. The van der Waals surface area contributed by atoms with E-state index in [1.54, 1.807) is 29.7 Å². The van der Waals surface area contributed by atoms with Gasteiger partial charge in [0.25, 0.3) is 5.91 Å². The summed E-state index contributed by atoms with van der Waals surface area (Å²) in [5, 5.41) is 4.18. The second-order valence-corrected chi connectivity index (χ2v) is 5.01. The van der Waals surface area contributed by atoms with Gasteiger partial charge in [-0.3, -0.25) is 4.79 Å². The number of rotatable bonds is 2. The van der Waals surface area contributed by atoms with Crippen LogP contribution in [0.2, 0.25) is 0 Å². The minimum atomic E-state index is -0.0685. The molecule has 0 unspecified atom stereocenters. The fraction of sp³-hybridized carbons (Fsp3) is 0.462. The van der Waals surface area contributed by atoms with Crippen LogP contribution in [0.5, 0.6) is 0 Å². The normalized spacial score (nSPS) is 15.2. The summed E-state index contributed by atoms with van der Waals surface area (Å²) in [6.07, 6.45) is 5.85. The molecule has 1 aliphatic heterocycles. The fourth-order valence-electron chi connectivity index (χ4n) is 2.37. The SMILES string of the molecule is CN(C)C(=O)c1cnn2ccc(N3CCCC3)nc12. The first-order valence-corrected chi connectivity index (χ1v) is 6.48. The first-order chi connectivity index (χ1) is 9.16. The van der Waals surface area contributed by atoms with E-state index in [0.29, 0.717) is 11.2 Å². The number of carbonyl (C=O) groups is 1. The van der Waals surface area contributed by atoms with E-state index in [1.165, 1.54) is 12.8 Å². The summed E-state index contributed by atoms with van der Waals surface area (Å²) < 4.78 is 1.65. The molecule has 0 N–H and O–H groups in total. The van der Waals surface area contributed by atoms with E-state index in [2.05, 4.69) is 15.0 Å². The molecule has 2 aromatic rings. The zero-order valence-electron chi connectivity index (χ0n) is 11.2. The smallest absolute Gasteiger partial charge is 0.258 e. The molecular formula is C13H17N5O. The molecular weight excluding hydrogens is 242 g/mol. The Morgan fingerprint density at radius 1 is 1.32 bits per heavy atom. The summed E-state index contributed by atoms with van der Waals surface area (Å²) in [5.74, 6) is 0.861. The quantitative estimate of drug-likeness (QED) is 0.808. The van der Waals surface area contributed by atoms with Gasteiger partial charge >= 0.3 is 0 Å². The van der Waals surface area contributed by atoms with Crippen LogP contribution in [-0.2, 0) is 0 Å². The standard InChI is InChI=1S/C13H17N5O/c1-16(2)13(19)10-9-14-18-8-5-11(15-12(10)18)17-6-3-4-7-17/h5,8-9H,3-4,6-7H2,1-2H3. The van der Waals surface area contributed by atoms with Crippen molar-refractivity contribution in [2.45, 2.75) is 12.8 Å². The van der Waals surface area contributed by atoms with Gasteiger partial charge in [-0.25, -0.2) is 9.50 Å². The number of fused-ring (bicyclic) bond motifs is 1. The lowest BCUT2D eigenvalue weighted by Gasteiger charge is -2.16. The topological polar surface area (TPSA) is 53.7 Å². The Morgan fingerprint density at radius 2 is 2.05 bits per heavy atom. The highest BCUT2D eigenvalue weighted by Gasteiger charge is 2.18. The highest BCUT2D eigenvalue weighted by atomic mass is 16.2. The minimum absolute atomic E-state index is 0.0685. The average molecular weight is 259 g/mol. The first kappa shape index (κ1) is 12.0. The summed E-state index contributed by atoms with van der Waals surface area (Å²) in [6, 6.07) is 1.95. The Bertz CT molecular complexity index is 613. The maximum atomic E-state index is 12.1. The molecule has 0 spiro atoms. The highest BCUT2D eigenvalue weighted by molar-refractivity contribution is 5.99. The van der Waals surface area contributed by atoms with E-state index in [9.17, 15) is 4.79 Å². The predicted octanol–water partition coefficient (Wildman–Crippen LogP) is 1.03. The molecule has 3 heterocycles. The van der Waals surface area contributed by atoms with Crippen LogP contribution in [0.3, 0.4) is 0 Å². The van der Waals surface area contributed by atoms with Gasteiger partial charge in [0.2, 0.25) is 0 Å². The van der Waals surface area contributed by atoms with E-state index in [0.717, 1.165) is 18.9 Å². The third kappa shape index (κ3) is 2.03. The van der Waals surface area contributed by atoms with Crippen molar-refractivity contribution in [3.05, 3.63) is 24.0 Å². The lowest BCUT2D eigenvalue weighted by atomic mass is 10.3. The van der Waals surface area contributed by atoms with E-state index in [-0.39, 0.29) is 5.91 Å². The van der Waals surface area contributed by atoms with Crippen LogP contribution in [-0.4, -0.2) is 52.6 Å². The van der Waals surface area contributed by atoms with Crippen LogP contribution < -0.4 is 4.90 Å². The van der Waals surface area contributed by atoms with E-state index in [1.807, 2.05) is 12.3 Å². The number of amides is 1. The molecule has 6 heteroatoms. The molecule has 1 aliphatic rings. The van der Waals surface area contributed by atoms with Gasteiger partial charge < -0.3 is 9.80 Å². The molecule has 0 aromatic carbocycles. The second-order valence-electron chi connectivity index (χ2n) is 5.01. The minimum Gasteiger partial charge on any atom is -0.357 e. The Morgan fingerprint density at radius 3 is 2.74 bits per heavy atom. The molecule has 0 bridgehead atoms. The van der Waals surface area contributed by atoms with Gasteiger partial charge in [0, 0.05) is 33.4 Å². The molecule has 2 aromatic heterocycles. The molecule has 19 heavy (non-hydrogen) atoms. The van der Waals surface area contributed by atoms with Crippen LogP contribution in [0, 0.1) is 0 Å². The highest BCUT2D eigenvalue weighted by Crippen LogP contribution is 2.19. The number of aromatic nitrogens is 3. The maximum absolute atomic E-state index is 12.1. The molecule has 0 aliphatic carbocycles. The van der Waals surface area contributed by atoms with Gasteiger partial charge in [0.1, 0.15) is 11.4 Å². The first-order valence-electron chi connectivity index (χ1n) is 6.48. The van der Waals surface area contributed by atoms with Crippen LogP contribution in [0.1, 0.15) is 23.2 Å². The van der Waals surface area contributed by atoms with Crippen LogP contribution in [0.25, 0.3) is 5.65 Å². The van der Waals surface area contributed by atoms with Crippen molar-refractivity contribution in [3.8, 4) is 0 Å². The van der Waals surface area contributed by atoms with Gasteiger partial charge in [-0.05, 0) is 18.9 Å². The van der Waals surface area contributed by atoms with Gasteiger partial charge in [-0.15, -0.1) is 0 Å². The molecule has 100 valence electrons. The number of carbonyl (C=O) groups excluding carboxylic acids is 1. The van der Waals surface area contributed by atoms with Crippen LogP contribution in [0.15, 0.2) is 18.5 Å². The molecule has 3 rings (SSSR count). The number of hydrogen-bond acceptors (Lipinski definition) is 4. The monoisotopic (exact) mass is 259 g/mol. The van der Waals surface area contributed by atoms with E-state index < -0.39 is 0 Å². The van der Waals surface area contributed by atoms with Crippen molar-refractivity contribution in [2.75, 3.05) is 32.1 Å². The van der Waals surface area contributed by atoms with Crippen molar-refractivity contribution in [1.82, 2.24) is 19.5 Å². The third-order valence-corrected chi connectivity index (χ3v) is 3.42. The summed E-state index contributed by atoms with van der Waals surface area (Å²) in [5.41, 5.74) is 1.18. The molecule has 1 saturated heterocycles. The van der Waals surface area contributed by atoms with Crippen molar-refractivity contribution >= 4 is 17.4 Å². The molecule has 1 amide bonds. The average Bonchev–Trinajstić information content (AvgIpc) is 3.06. The number of anilines is 1. The zero-order valence-corrected chi connectivity index (χ0v) is 11.2. The molecule has 0 saturated carbocycles. The lowest BCUT2D eigenvalue weighted by molar-refractivity contribution is 0.0829. The Kier molecular flexibility index (Phi) is 2.85. The lowest BCUT2D eigenvalue weighted by Crippen LogP contribution is -2.22. The molecule has 0 radical (unpaired) electrons. The largest absolute Gasteiger partial charge is 0.357 e. The summed E-state index contributed by atoms with van der Waals surface area (Å²) in [4.78, 5) is 20.5. The Balaban J connectivity index is 2.05. The van der Waals surface area contributed by atoms with Gasteiger partial charge in [-0.1, -0.05) is 0 Å². The molecule has 6 nitrogen and oxygen atoms in total. The van der Waals surface area contributed by atoms with Gasteiger partial charge in [0.15, 0.2) is 5.65 Å². The summed E-state index contributed by atoms with van der Waals surface area (Å²) in [7, 11) is 3.46. The van der Waals surface area contributed by atoms with E-state index in [4.69, 9.17) is 0 Å². The molecule has 0 atom stereocenters. The van der Waals surface area contributed by atoms with Crippen LogP contribution >= 0.6 is 0 Å². The molecule has 1 fully saturated rings. The van der Waals surface area contributed by atoms with E-state index >= 15 is 0 Å². The number of nitrogens with zero attached hydrogens (tertiary/aromatic N) is 5. The number of hydrogen-bond donors (Lipinski definition) is 0. The maximum Gasteiger partial charge on any atom is 0.258 e. The predicted molar refractivity (Wildman–Crippen MR) is 72.5 cm³/mol. The van der Waals surface area contributed by atoms with Crippen molar-refractivity contribution in [2.24, 2.45) is 0 Å². The van der Waals surface area contributed by atoms with Crippen molar-refractivity contribution in [3.63, 3.8) is 0 Å². The van der Waals surface area contributed by atoms with Gasteiger partial charge in [-0.2, -0.15) is 5.10 Å². The Labute approximate surface area is 111 Å². The summed E-state index contributed by atoms with van der Waals surface area (Å²) >= 11 is 0. The summed E-state index contributed by atoms with van der Waals surface area (Å²) in [6.45, 7) is 2.07. The zero-order chi connectivity index (χ0) is 13.4. The van der Waals surface area contributed by atoms with Gasteiger partial charge in [0.05, 0.1) is 6.20 Å². The van der Waals surface area contributed by atoms with Crippen molar-refractivity contribution in [1.29, 1.82) is 0 Å². The Hall–Kier alpha value is -2.11. The van der Waals surface area contributed by atoms with Crippen LogP contribution in [0.4, 0.5) is 5.82 Å². The third-order valence-electron chi connectivity index (χ3n) is 3.42. The fourth-order valence-corrected chi connectivity index (χ4v) is 2.37. The van der Waals surface area contributed by atoms with Crippen molar-refractivity contribution < 1.29 is 4.79 Å².